The van der Waals surface area contributed by atoms with Crippen molar-refractivity contribution in [2.45, 2.75) is 58.0 Å². The Kier molecular flexibility index (Phi) is 6.60. The van der Waals surface area contributed by atoms with Crippen LogP contribution in [0.5, 0.6) is 11.5 Å². The highest BCUT2D eigenvalue weighted by Gasteiger charge is 2.26. The Morgan fingerprint density at radius 2 is 2.06 bits per heavy atom. The number of amides is 1. The SMILES string of the molecule is CCc1cc(N2CCCCCC2CC(=O)NCc2ccc3c(c2)OCO3)nc(-n2ccnc2)n1. The third-order valence-corrected chi connectivity index (χ3v) is 6.37. The van der Waals surface area contributed by atoms with Gasteiger partial charge in [-0.05, 0) is 37.0 Å². The lowest BCUT2D eigenvalue weighted by molar-refractivity contribution is -0.121. The van der Waals surface area contributed by atoms with Crippen molar-refractivity contribution in [3.8, 4) is 17.4 Å². The Bertz CT molecular complexity index is 1130. The number of rotatable bonds is 7. The van der Waals surface area contributed by atoms with Gasteiger partial charge in [-0.25, -0.2) is 9.97 Å². The van der Waals surface area contributed by atoms with E-state index >= 15 is 0 Å². The highest BCUT2D eigenvalue weighted by atomic mass is 16.7. The Balaban J connectivity index is 1.30. The average molecular weight is 463 g/mol. The number of aryl methyl sites for hydroxylation is 1. The van der Waals surface area contributed by atoms with Gasteiger partial charge < -0.3 is 19.7 Å². The molecule has 0 radical (unpaired) electrons. The molecule has 1 saturated heterocycles. The van der Waals surface area contributed by atoms with Crippen molar-refractivity contribution in [3.05, 3.63) is 54.2 Å². The minimum atomic E-state index is 0.0363. The summed E-state index contributed by atoms with van der Waals surface area (Å²) in [5.74, 6) is 3.00. The first-order valence-corrected chi connectivity index (χ1v) is 12.0. The van der Waals surface area contributed by atoms with Crippen molar-refractivity contribution in [2.75, 3.05) is 18.2 Å². The number of anilines is 1. The quantitative estimate of drug-likeness (QED) is 0.575. The van der Waals surface area contributed by atoms with E-state index in [1.54, 1.807) is 12.5 Å². The number of hydrogen-bond acceptors (Lipinski definition) is 7. The van der Waals surface area contributed by atoms with Gasteiger partial charge in [0.1, 0.15) is 12.1 Å². The van der Waals surface area contributed by atoms with Crippen LogP contribution in [0.4, 0.5) is 5.82 Å². The summed E-state index contributed by atoms with van der Waals surface area (Å²) in [5, 5.41) is 3.08. The van der Waals surface area contributed by atoms with E-state index in [4.69, 9.17) is 14.5 Å². The van der Waals surface area contributed by atoms with E-state index in [-0.39, 0.29) is 18.7 Å². The smallest absolute Gasteiger partial charge is 0.237 e. The Hall–Kier alpha value is -3.62. The van der Waals surface area contributed by atoms with Gasteiger partial charge in [0.2, 0.25) is 18.6 Å². The Morgan fingerprint density at radius 3 is 2.91 bits per heavy atom. The van der Waals surface area contributed by atoms with Crippen molar-refractivity contribution in [3.63, 3.8) is 0 Å². The molecule has 2 aliphatic rings. The van der Waals surface area contributed by atoms with Crippen LogP contribution in [0, 0.1) is 0 Å². The van der Waals surface area contributed by atoms with Crippen LogP contribution in [0.25, 0.3) is 5.95 Å². The molecule has 9 heteroatoms. The first-order chi connectivity index (χ1) is 16.7. The van der Waals surface area contributed by atoms with E-state index in [1.165, 1.54) is 0 Å². The van der Waals surface area contributed by atoms with Crippen LogP contribution >= 0.6 is 0 Å². The number of fused-ring (bicyclic) bond motifs is 1. The summed E-state index contributed by atoms with van der Waals surface area (Å²) < 4.78 is 12.6. The largest absolute Gasteiger partial charge is 0.454 e. The highest BCUT2D eigenvalue weighted by molar-refractivity contribution is 5.77. The van der Waals surface area contributed by atoms with Gasteiger partial charge in [-0.15, -0.1) is 0 Å². The van der Waals surface area contributed by atoms with Gasteiger partial charge in [0.25, 0.3) is 0 Å². The lowest BCUT2D eigenvalue weighted by atomic mass is 10.1. The number of nitrogens with one attached hydrogen (secondary N) is 1. The second kappa shape index (κ2) is 10.1. The van der Waals surface area contributed by atoms with Crippen molar-refractivity contribution < 1.29 is 14.3 Å². The van der Waals surface area contributed by atoms with Crippen LogP contribution in [0.2, 0.25) is 0 Å². The van der Waals surface area contributed by atoms with Gasteiger partial charge in [0.15, 0.2) is 11.5 Å². The second-order valence-electron chi connectivity index (χ2n) is 8.71. The molecule has 2 aromatic heterocycles. The highest BCUT2D eigenvalue weighted by Crippen LogP contribution is 2.32. The molecule has 5 rings (SSSR count). The standard InChI is InChI=1S/C25H30N6O3/c1-2-19-13-23(29-25(28-19)30-11-9-26-16-30)31-10-5-3-4-6-20(31)14-24(32)27-15-18-7-8-21-22(12-18)34-17-33-21/h7-9,11-13,16,20H,2-6,10,14-15,17H2,1H3,(H,27,32). The summed E-state index contributed by atoms with van der Waals surface area (Å²) in [4.78, 5) is 28.9. The molecule has 1 atom stereocenters. The monoisotopic (exact) mass is 462 g/mol. The van der Waals surface area contributed by atoms with Gasteiger partial charge in [-0.3, -0.25) is 9.36 Å². The Labute approximate surface area is 199 Å². The predicted octanol–water partition coefficient (Wildman–Crippen LogP) is 3.41. The summed E-state index contributed by atoms with van der Waals surface area (Å²) in [6.07, 6.45) is 10.8. The molecular formula is C25H30N6O3. The third kappa shape index (κ3) is 4.98. The van der Waals surface area contributed by atoms with Crippen LogP contribution in [-0.2, 0) is 17.8 Å². The summed E-state index contributed by atoms with van der Waals surface area (Å²) in [7, 11) is 0. The van der Waals surface area contributed by atoms with E-state index < -0.39 is 0 Å². The maximum Gasteiger partial charge on any atom is 0.237 e. The molecule has 1 fully saturated rings. The first kappa shape index (κ1) is 22.2. The average Bonchev–Trinajstić information content (AvgIpc) is 3.51. The van der Waals surface area contributed by atoms with E-state index in [1.807, 2.05) is 29.0 Å². The summed E-state index contributed by atoms with van der Waals surface area (Å²) in [6.45, 7) is 3.67. The Morgan fingerprint density at radius 1 is 1.15 bits per heavy atom. The topological polar surface area (TPSA) is 94.4 Å². The zero-order valence-electron chi connectivity index (χ0n) is 19.4. The summed E-state index contributed by atoms with van der Waals surface area (Å²) >= 11 is 0. The van der Waals surface area contributed by atoms with Crippen molar-refractivity contribution in [1.29, 1.82) is 0 Å². The number of aromatic nitrogens is 4. The van der Waals surface area contributed by atoms with Crippen molar-refractivity contribution >= 4 is 11.7 Å². The molecule has 0 spiro atoms. The molecule has 1 amide bonds. The molecule has 2 aliphatic heterocycles. The lowest BCUT2D eigenvalue weighted by Crippen LogP contribution is -2.40. The number of ether oxygens (including phenoxy) is 2. The van der Waals surface area contributed by atoms with E-state index in [0.717, 1.165) is 67.2 Å². The van der Waals surface area contributed by atoms with Gasteiger partial charge in [-0.2, -0.15) is 4.98 Å². The minimum absolute atomic E-state index is 0.0363. The molecule has 1 N–H and O–H groups in total. The molecular weight excluding hydrogens is 432 g/mol. The molecule has 34 heavy (non-hydrogen) atoms. The number of carbonyl (C=O) groups excluding carboxylic acids is 1. The van der Waals surface area contributed by atoms with Crippen molar-refractivity contribution in [2.24, 2.45) is 0 Å². The molecule has 0 aliphatic carbocycles. The normalized spacial score (nSPS) is 17.4. The maximum atomic E-state index is 12.9. The fraction of sp³-hybridized carbons (Fsp3) is 0.440. The van der Waals surface area contributed by atoms with Gasteiger partial charge in [0, 0.05) is 49.7 Å². The number of benzene rings is 1. The van der Waals surface area contributed by atoms with Crippen LogP contribution in [0.3, 0.4) is 0 Å². The van der Waals surface area contributed by atoms with Crippen LogP contribution in [0.1, 0.15) is 50.3 Å². The van der Waals surface area contributed by atoms with Gasteiger partial charge in [0.05, 0.1) is 0 Å². The van der Waals surface area contributed by atoms with Crippen LogP contribution < -0.4 is 19.7 Å². The molecule has 3 aromatic rings. The molecule has 9 nitrogen and oxygen atoms in total. The fourth-order valence-corrected chi connectivity index (χ4v) is 4.52. The number of nitrogens with zero attached hydrogens (tertiary/aromatic N) is 5. The zero-order chi connectivity index (χ0) is 23.3. The lowest BCUT2D eigenvalue weighted by Gasteiger charge is -2.31. The number of imidazole rings is 1. The van der Waals surface area contributed by atoms with Crippen LogP contribution in [0.15, 0.2) is 43.0 Å². The minimum Gasteiger partial charge on any atom is -0.454 e. The van der Waals surface area contributed by atoms with Crippen molar-refractivity contribution in [1.82, 2.24) is 24.8 Å². The maximum absolute atomic E-state index is 12.9. The van der Waals surface area contributed by atoms with E-state index in [2.05, 4.69) is 33.2 Å². The molecule has 1 aromatic carbocycles. The third-order valence-electron chi connectivity index (χ3n) is 6.37. The molecule has 0 bridgehead atoms. The summed E-state index contributed by atoms with van der Waals surface area (Å²) in [6, 6.07) is 7.91. The van der Waals surface area contributed by atoms with E-state index in [0.29, 0.717) is 18.9 Å². The molecule has 4 heterocycles. The van der Waals surface area contributed by atoms with E-state index in [9.17, 15) is 4.79 Å². The second-order valence-corrected chi connectivity index (χ2v) is 8.71. The molecule has 1 unspecified atom stereocenters. The number of hydrogen-bond donors (Lipinski definition) is 1. The zero-order valence-corrected chi connectivity index (χ0v) is 19.4. The molecule has 0 saturated carbocycles. The first-order valence-electron chi connectivity index (χ1n) is 12.0. The predicted molar refractivity (Wildman–Crippen MR) is 127 cm³/mol. The fourth-order valence-electron chi connectivity index (χ4n) is 4.52. The van der Waals surface area contributed by atoms with Gasteiger partial charge in [-0.1, -0.05) is 25.8 Å². The van der Waals surface area contributed by atoms with Gasteiger partial charge >= 0.3 is 0 Å². The molecule has 178 valence electrons. The number of carbonyl (C=O) groups is 1. The van der Waals surface area contributed by atoms with Crippen LogP contribution in [-0.4, -0.2) is 44.8 Å². The summed E-state index contributed by atoms with van der Waals surface area (Å²) in [5.41, 5.74) is 1.97.